The molecular formula is C16H21N3. The minimum atomic E-state index is 0.337. The first kappa shape index (κ1) is 13.7. The quantitative estimate of drug-likeness (QED) is 0.859. The first-order chi connectivity index (χ1) is 9.25. The number of rotatable bonds is 6. The van der Waals surface area contributed by atoms with Crippen molar-refractivity contribution in [1.29, 1.82) is 0 Å². The molecule has 2 rings (SSSR count). The summed E-state index contributed by atoms with van der Waals surface area (Å²) in [6, 6.07) is 15.0. The SMILES string of the molecule is CN(C)CC(NCc1ccncc1)c1ccccc1. The van der Waals surface area contributed by atoms with Crippen LogP contribution in [0.5, 0.6) is 0 Å². The van der Waals surface area contributed by atoms with Crippen LogP contribution < -0.4 is 5.32 Å². The van der Waals surface area contributed by atoms with Gasteiger partial charge in [-0.3, -0.25) is 4.98 Å². The first-order valence-electron chi connectivity index (χ1n) is 6.57. The van der Waals surface area contributed by atoms with E-state index in [1.807, 2.05) is 24.5 Å². The summed E-state index contributed by atoms with van der Waals surface area (Å²) < 4.78 is 0. The fourth-order valence-electron chi connectivity index (χ4n) is 2.08. The zero-order valence-electron chi connectivity index (χ0n) is 11.6. The summed E-state index contributed by atoms with van der Waals surface area (Å²) in [6.45, 7) is 1.84. The average molecular weight is 255 g/mol. The Labute approximate surface area is 115 Å². The Morgan fingerprint density at radius 2 is 1.74 bits per heavy atom. The van der Waals surface area contributed by atoms with Gasteiger partial charge in [-0.1, -0.05) is 30.3 Å². The minimum absolute atomic E-state index is 0.337. The Bertz CT molecular complexity index is 468. The van der Waals surface area contributed by atoms with E-state index in [9.17, 15) is 0 Å². The Morgan fingerprint density at radius 1 is 1.05 bits per heavy atom. The summed E-state index contributed by atoms with van der Waals surface area (Å²) in [5, 5.41) is 3.61. The fraction of sp³-hybridized carbons (Fsp3) is 0.312. The molecule has 19 heavy (non-hydrogen) atoms. The van der Waals surface area contributed by atoms with Crippen molar-refractivity contribution in [2.24, 2.45) is 0 Å². The molecule has 0 aliphatic heterocycles. The van der Waals surface area contributed by atoms with Crippen LogP contribution in [0.1, 0.15) is 17.2 Å². The Balaban J connectivity index is 2.02. The lowest BCUT2D eigenvalue weighted by Gasteiger charge is -2.23. The predicted molar refractivity (Wildman–Crippen MR) is 78.8 cm³/mol. The molecule has 1 heterocycles. The monoisotopic (exact) mass is 255 g/mol. The highest BCUT2D eigenvalue weighted by molar-refractivity contribution is 5.20. The molecular weight excluding hydrogens is 234 g/mol. The second-order valence-electron chi connectivity index (χ2n) is 4.96. The number of nitrogens with zero attached hydrogens (tertiary/aromatic N) is 2. The third-order valence-corrected chi connectivity index (χ3v) is 3.05. The Morgan fingerprint density at radius 3 is 2.37 bits per heavy atom. The lowest BCUT2D eigenvalue weighted by atomic mass is 10.1. The molecule has 0 bridgehead atoms. The van der Waals surface area contributed by atoms with Gasteiger partial charge in [0, 0.05) is 31.5 Å². The molecule has 0 amide bonds. The van der Waals surface area contributed by atoms with Gasteiger partial charge in [0.2, 0.25) is 0 Å². The number of benzene rings is 1. The van der Waals surface area contributed by atoms with Gasteiger partial charge in [0.15, 0.2) is 0 Å². The van der Waals surface area contributed by atoms with E-state index >= 15 is 0 Å². The highest BCUT2D eigenvalue weighted by atomic mass is 15.1. The molecule has 0 radical (unpaired) electrons. The van der Waals surface area contributed by atoms with Crippen molar-refractivity contribution in [3.63, 3.8) is 0 Å². The topological polar surface area (TPSA) is 28.2 Å². The molecule has 1 aromatic carbocycles. The van der Waals surface area contributed by atoms with Crippen LogP contribution in [-0.4, -0.2) is 30.5 Å². The van der Waals surface area contributed by atoms with Gasteiger partial charge >= 0.3 is 0 Å². The molecule has 3 nitrogen and oxygen atoms in total. The van der Waals surface area contributed by atoms with Crippen LogP contribution in [0.2, 0.25) is 0 Å². The number of likely N-dealkylation sites (N-methyl/N-ethyl adjacent to an activating group) is 1. The van der Waals surface area contributed by atoms with Crippen LogP contribution in [0.4, 0.5) is 0 Å². The molecule has 0 fully saturated rings. The lowest BCUT2D eigenvalue weighted by molar-refractivity contribution is 0.340. The van der Waals surface area contributed by atoms with Crippen molar-refractivity contribution in [2.45, 2.75) is 12.6 Å². The molecule has 2 aromatic rings. The van der Waals surface area contributed by atoms with Crippen LogP contribution in [-0.2, 0) is 6.54 Å². The third kappa shape index (κ3) is 4.47. The highest BCUT2D eigenvalue weighted by Crippen LogP contribution is 2.14. The number of nitrogens with one attached hydrogen (secondary N) is 1. The zero-order valence-corrected chi connectivity index (χ0v) is 11.6. The van der Waals surface area contributed by atoms with E-state index in [0.717, 1.165) is 13.1 Å². The third-order valence-electron chi connectivity index (χ3n) is 3.05. The summed E-state index contributed by atoms with van der Waals surface area (Å²) in [6.07, 6.45) is 3.67. The maximum Gasteiger partial charge on any atom is 0.0451 e. The van der Waals surface area contributed by atoms with E-state index < -0.39 is 0 Å². The molecule has 1 aromatic heterocycles. The van der Waals surface area contributed by atoms with Crippen molar-refractivity contribution in [3.05, 3.63) is 66.0 Å². The first-order valence-corrected chi connectivity index (χ1v) is 6.57. The molecule has 0 aliphatic rings. The number of hydrogen-bond donors (Lipinski definition) is 1. The molecule has 0 saturated heterocycles. The summed E-state index contributed by atoms with van der Waals surface area (Å²) in [5.74, 6) is 0. The van der Waals surface area contributed by atoms with Gasteiger partial charge in [-0.2, -0.15) is 0 Å². The molecule has 1 N–H and O–H groups in total. The van der Waals surface area contributed by atoms with Gasteiger partial charge in [-0.25, -0.2) is 0 Å². The lowest BCUT2D eigenvalue weighted by Crippen LogP contribution is -2.30. The predicted octanol–water partition coefficient (Wildman–Crippen LogP) is 2.47. The zero-order chi connectivity index (χ0) is 13.5. The largest absolute Gasteiger partial charge is 0.308 e. The van der Waals surface area contributed by atoms with Crippen LogP contribution in [0.25, 0.3) is 0 Å². The van der Waals surface area contributed by atoms with E-state index in [-0.39, 0.29) is 0 Å². The molecule has 3 heteroatoms. The molecule has 1 unspecified atom stereocenters. The van der Waals surface area contributed by atoms with Crippen molar-refractivity contribution >= 4 is 0 Å². The number of hydrogen-bond acceptors (Lipinski definition) is 3. The second kappa shape index (κ2) is 7.02. The van der Waals surface area contributed by atoms with E-state index in [2.05, 4.69) is 59.6 Å². The van der Waals surface area contributed by atoms with Crippen LogP contribution in [0, 0.1) is 0 Å². The van der Waals surface area contributed by atoms with E-state index in [4.69, 9.17) is 0 Å². The summed E-state index contributed by atoms with van der Waals surface area (Å²) in [4.78, 5) is 6.25. The van der Waals surface area contributed by atoms with Gasteiger partial charge in [-0.05, 0) is 37.4 Å². The second-order valence-corrected chi connectivity index (χ2v) is 4.96. The fourth-order valence-corrected chi connectivity index (χ4v) is 2.08. The molecule has 0 saturated carbocycles. The highest BCUT2D eigenvalue weighted by Gasteiger charge is 2.11. The normalized spacial score (nSPS) is 12.6. The van der Waals surface area contributed by atoms with Crippen LogP contribution >= 0.6 is 0 Å². The van der Waals surface area contributed by atoms with Crippen LogP contribution in [0.3, 0.4) is 0 Å². The van der Waals surface area contributed by atoms with E-state index in [1.54, 1.807) is 0 Å². The molecule has 0 aliphatic carbocycles. The summed E-state index contributed by atoms with van der Waals surface area (Å²) in [5.41, 5.74) is 2.58. The van der Waals surface area contributed by atoms with Gasteiger partial charge in [0.1, 0.15) is 0 Å². The summed E-state index contributed by atoms with van der Waals surface area (Å²) in [7, 11) is 4.20. The Kier molecular flexibility index (Phi) is 5.07. The van der Waals surface area contributed by atoms with Gasteiger partial charge in [-0.15, -0.1) is 0 Å². The van der Waals surface area contributed by atoms with Crippen molar-refractivity contribution in [1.82, 2.24) is 15.2 Å². The van der Waals surface area contributed by atoms with Crippen molar-refractivity contribution in [3.8, 4) is 0 Å². The molecule has 0 spiro atoms. The minimum Gasteiger partial charge on any atom is -0.308 e. The number of pyridine rings is 1. The van der Waals surface area contributed by atoms with E-state index in [1.165, 1.54) is 11.1 Å². The van der Waals surface area contributed by atoms with Gasteiger partial charge in [0.25, 0.3) is 0 Å². The maximum atomic E-state index is 4.04. The number of aromatic nitrogens is 1. The smallest absolute Gasteiger partial charge is 0.0451 e. The van der Waals surface area contributed by atoms with E-state index in [0.29, 0.717) is 6.04 Å². The van der Waals surface area contributed by atoms with Crippen molar-refractivity contribution < 1.29 is 0 Å². The summed E-state index contributed by atoms with van der Waals surface area (Å²) >= 11 is 0. The standard InChI is InChI=1S/C16H21N3/c1-19(2)13-16(15-6-4-3-5-7-15)18-12-14-8-10-17-11-9-14/h3-11,16,18H,12-13H2,1-2H3. The molecule has 100 valence electrons. The average Bonchev–Trinajstić information content (AvgIpc) is 2.45. The van der Waals surface area contributed by atoms with Crippen molar-refractivity contribution in [2.75, 3.05) is 20.6 Å². The maximum absolute atomic E-state index is 4.04. The van der Waals surface area contributed by atoms with Crippen LogP contribution in [0.15, 0.2) is 54.9 Å². The van der Waals surface area contributed by atoms with Gasteiger partial charge in [0.05, 0.1) is 0 Å². The van der Waals surface area contributed by atoms with Gasteiger partial charge < -0.3 is 10.2 Å². The molecule has 1 atom stereocenters. The Hall–Kier alpha value is -1.71.